The minimum absolute atomic E-state index is 0.222. The van der Waals surface area contributed by atoms with Crippen molar-refractivity contribution in [2.24, 2.45) is 5.92 Å². The van der Waals surface area contributed by atoms with Crippen molar-refractivity contribution in [2.45, 2.75) is 53.5 Å². The Kier molecular flexibility index (Phi) is 10.3. The van der Waals surface area contributed by atoms with E-state index in [-0.39, 0.29) is 18.4 Å². The van der Waals surface area contributed by atoms with E-state index in [0.717, 1.165) is 27.3 Å². The molecular weight excluding hydrogens is 462 g/mol. The fourth-order valence-corrected chi connectivity index (χ4v) is 4.80. The summed E-state index contributed by atoms with van der Waals surface area (Å²) in [5, 5.41) is 2.93. The molecule has 0 aliphatic rings. The zero-order chi connectivity index (χ0) is 26.2. The third-order valence-corrected chi connectivity index (χ3v) is 6.99. The number of nitrogens with one attached hydrogen (secondary N) is 1. The van der Waals surface area contributed by atoms with Crippen molar-refractivity contribution in [3.05, 3.63) is 65.2 Å². The molecule has 0 aliphatic carbocycles. The highest BCUT2D eigenvalue weighted by molar-refractivity contribution is 7.92. The van der Waals surface area contributed by atoms with Crippen LogP contribution >= 0.6 is 0 Å². The summed E-state index contributed by atoms with van der Waals surface area (Å²) < 4.78 is 26.7. The molecule has 1 N–H and O–H groups in total. The molecule has 0 aromatic heterocycles. The molecule has 2 amide bonds. The van der Waals surface area contributed by atoms with Gasteiger partial charge in [-0.2, -0.15) is 0 Å². The van der Waals surface area contributed by atoms with Crippen LogP contribution in [0.1, 0.15) is 43.9 Å². The number of carbonyl (C=O) groups excluding carboxylic acids is 2. The van der Waals surface area contributed by atoms with E-state index in [4.69, 9.17) is 0 Å². The van der Waals surface area contributed by atoms with Gasteiger partial charge in [-0.25, -0.2) is 8.42 Å². The fraction of sp³-hybridized carbons (Fsp3) is 0.481. The van der Waals surface area contributed by atoms with Crippen LogP contribution in [0.15, 0.2) is 48.5 Å². The lowest BCUT2D eigenvalue weighted by molar-refractivity contribution is -0.139. The van der Waals surface area contributed by atoms with Crippen LogP contribution in [-0.2, 0) is 26.0 Å². The van der Waals surface area contributed by atoms with Crippen LogP contribution in [0.25, 0.3) is 0 Å². The predicted octanol–water partition coefficient (Wildman–Crippen LogP) is 3.69. The van der Waals surface area contributed by atoms with Gasteiger partial charge >= 0.3 is 0 Å². The van der Waals surface area contributed by atoms with Crippen LogP contribution < -0.4 is 9.62 Å². The Morgan fingerprint density at radius 2 is 1.69 bits per heavy atom. The summed E-state index contributed by atoms with van der Waals surface area (Å²) >= 11 is 0. The first-order valence-corrected chi connectivity index (χ1v) is 13.9. The molecule has 0 bridgehead atoms. The van der Waals surface area contributed by atoms with Crippen molar-refractivity contribution in [3.8, 4) is 0 Å². The molecule has 0 aliphatic heterocycles. The molecule has 0 saturated heterocycles. The average Bonchev–Trinajstić information content (AvgIpc) is 2.80. The Bertz CT molecular complexity index is 1100. The van der Waals surface area contributed by atoms with Crippen LogP contribution in [0.5, 0.6) is 0 Å². The van der Waals surface area contributed by atoms with Gasteiger partial charge in [-0.3, -0.25) is 13.9 Å². The molecule has 7 nitrogen and oxygen atoms in total. The number of hydrogen-bond acceptors (Lipinski definition) is 4. The zero-order valence-corrected chi connectivity index (χ0v) is 22.6. The molecule has 0 radical (unpaired) electrons. The topological polar surface area (TPSA) is 86.8 Å². The van der Waals surface area contributed by atoms with Gasteiger partial charge in [0.1, 0.15) is 12.6 Å². The van der Waals surface area contributed by atoms with Crippen molar-refractivity contribution in [3.63, 3.8) is 0 Å². The molecule has 0 unspecified atom stereocenters. The first kappa shape index (κ1) is 28.4. The van der Waals surface area contributed by atoms with Crippen LogP contribution in [0.4, 0.5) is 5.69 Å². The average molecular weight is 502 g/mol. The molecule has 1 atom stereocenters. The van der Waals surface area contributed by atoms with Gasteiger partial charge < -0.3 is 10.2 Å². The van der Waals surface area contributed by atoms with Crippen LogP contribution in [-0.4, -0.2) is 57.1 Å². The van der Waals surface area contributed by atoms with Crippen molar-refractivity contribution in [1.29, 1.82) is 0 Å². The molecule has 192 valence electrons. The largest absolute Gasteiger partial charge is 0.354 e. The number of benzene rings is 2. The lowest BCUT2D eigenvalue weighted by atomic mass is 10.1. The maximum Gasteiger partial charge on any atom is 0.244 e. The van der Waals surface area contributed by atoms with Gasteiger partial charge in [0, 0.05) is 13.1 Å². The summed E-state index contributed by atoms with van der Waals surface area (Å²) in [7, 11) is -3.74. The molecule has 2 aromatic carbocycles. The maximum atomic E-state index is 13.7. The van der Waals surface area contributed by atoms with Gasteiger partial charge in [0.05, 0.1) is 11.9 Å². The quantitative estimate of drug-likeness (QED) is 0.481. The van der Waals surface area contributed by atoms with Crippen LogP contribution in [0, 0.1) is 19.8 Å². The van der Waals surface area contributed by atoms with Gasteiger partial charge in [0.15, 0.2) is 0 Å². The normalized spacial score (nSPS) is 12.3. The fourth-order valence-electron chi connectivity index (χ4n) is 3.90. The number of hydrogen-bond donors (Lipinski definition) is 1. The number of anilines is 1. The minimum Gasteiger partial charge on any atom is -0.354 e. The second-order valence-corrected chi connectivity index (χ2v) is 11.4. The highest BCUT2D eigenvalue weighted by Crippen LogP contribution is 2.24. The molecule has 0 heterocycles. The number of aryl methyl sites for hydroxylation is 2. The Labute approximate surface area is 210 Å². The van der Waals surface area contributed by atoms with E-state index >= 15 is 0 Å². The van der Waals surface area contributed by atoms with E-state index in [1.165, 1.54) is 4.90 Å². The standard InChI is InChI=1S/C27H39N3O4S/c1-7-24(27(32)28-18-20(2)3)29(16-15-23-11-9-8-10-12-23)26(31)19-30(35(6,33)34)25-17-21(4)13-14-22(25)5/h8-14,17,20,24H,7,15-16,18-19H2,1-6H3,(H,28,32)/t24-/m0/s1. The second-order valence-electron chi connectivity index (χ2n) is 9.45. The van der Waals surface area contributed by atoms with Gasteiger partial charge in [-0.1, -0.05) is 63.2 Å². The zero-order valence-electron chi connectivity index (χ0n) is 21.7. The van der Waals surface area contributed by atoms with E-state index in [0.29, 0.717) is 31.6 Å². The van der Waals surface area contributed by atoms with Crippen LogP contribution in [0.2, 0.25) is 0 Å². The van der Waals surface area contributed by atoms with Crippen molar-refractivity contribution < 1.29 is 18.0 Å². The highest BCUT2D eigenvalue weighted by Gasteiger charge is 2.31. The first-order valence-electron chi connectivity index (χ1n) is 12.1. The van der Waals surface area contributed by atoms with E-state index in [1.807, 2.05) is 77.1 Å². The summed E-state index contributed by atoms with van der Waals surface area (Å²) in [4.78, 5) is 28.3. The highest BCUT2D eigenvalue weighted by atomic mass is 32.2. The predicted molar refractivity (Wildman–Crippen MR) is 142 cm³/mol. The number of amides is 2. The second kappa shape index (κ2) is 12.7. The first-order chi connectivity index (χ1) is 16.4. The lowest BCUT2D eigenvalue weighted by Gasteiger charge is -2.33. The molecule has 8 heteroatoms. The van der Waals surface area contributed by atoms with Crippen molar-refractivity contribution in [1.82, 2.24) is 10.2 Å². The Morgan fingerprint density at radius 1 is 1.03 bits per heavy atom. The third-order valence-electron chi connectivity index (χ3n) is 5.87. The van der Waals surface area contributed by atoms with Crippen molar-refractivity contribution >= 4 is 27.5 Å². The Hall–Kier alpha value is -2.87. The molecule has 35 heavy (non-hydrogen) atoms. The summed E-state index contributed by atoms with van der Waals surface area (Å²) in [6.45, 7) is 10.0. The molecule has 0 saturated carbocycles. The lowest BCUT2D eigenvalue weighted by Crippen LogP contribution is -2.53. The van der Waals surface area contributed by atoms with Gasteiger partial charge in [-0.15, -0.1) is 0 Å². The summed E-state index contributed by atoms with van der Waals surface area (Å²) in [5.74, 6) is -0.353. The van der Waals surface area contributed by atoms with Gasteiger partial charge in [0.2, 0.25) is 21.8 Å². The monoisotopic (exact) mass is 501 g/mol. The Morgan fingerprint density at radius 3 is 2.26 bits per heavy atom. The molecule has 0 fully saturated rings. The van der Waals surface area contributed by atoms with E-state index < -0.39 is 22.0 Å². The molecule has 0 spiro atoms. The summed E-state index contributed by atoms with van der Waals surface area (Å²) in [5.41, 5.74) is 3.16. The van der Waals surface area contributed by atoms with Crippen LogP contribution in [0.3, 0.4) is 0 Å². The summed E-state index contributed by atoms with van der Waals surface area (Å²) in [6.07, 6.45) is 2.08. The summed E-state index contributed by atoms with van der Waals surface area (Å²) in [6, 6.07) is 14.6. The number of rotatable bonds is 12. The van der Waals surface area contributed by atoms with Gasteiger partial charge in [0.25, 0.3) is 0 Å². The van der Waals surface area contributed by atoms with E-state index in [2.05, 4.69) is 5.32 Å². The molecule has 2 rings (SSSR count). The minimum atomic E-state index is -3.74. The number of nitrogens with zero attached hydrogens (tertiary/aromatic N) is 2. The van der Waals surface area contributed by atoms with E-state index in [9.17, 15) is 18.0 Å². The Balaban J connectivity index is 2.38. The number of sulfonamides is 1. The maximum absolute atomic E-state index is 13.7. The molecule has 2 aromatic rings. The smallest absolute Gasteiger partial charge is 0.244 e. The van der Waals surface area contributed by atoms with Gasteiger partial charge in [-0.05, 0) is 55.4 Å². The van der Waals surface area contributed by atoms with Crippen molar-refractivity contribution in [2.75, 3.05) is 30.2 Å². The van der Waals surface area contributed by atoms with E-state index in [1.54, 1.807) is 6.07 Å². The number of carbonyl (C=O) groups is 2. The third kappa shape index (κ3) is 8.38. The SMILES string of the molecule is CC[C@@H](C(=O)NCC(C)C)N(CCc1ccccc1)C(=O)CN(c1cc(C)ccc1C)S(C)(=O)=O. The molecular formula is C27H39N3O4S.